The lowest BCUT2D eigenvalue weighted by atomic mass is 9.88. The zero-order valence-corrected chi connectivity index (χ0v) is 18.0. The van der Waals surface area contributed by atoms with Gasteiger partial charge in [0.1, 0.15) is 5.82 Å². The highest BCUT2D eigenvalue weighted by atomic mass is 19.1. The molecular formula is C25H30FN3O2. The molecule has 2 heterocycles. The molecule has 5 nitrogen and oxygen atoms in total. The van der Waals surface area contributed by atoms with Crippen LogP contribution in [-0.2, 0) is 16.6 Å². The summed E-state index contributed by atoms with van der Waals surface area (Å²) in [6, 6.07) is 14.7. The summed E-state index contributed by atoms with van der Waals surface area (Å²) in [6.07, 6.45) is 3.34. The predicted octanol–water partition coefficient (Wildman–Crippen LogP) is 3.68. The number of halogens is 1. The number of amides is 1. The van der Waals surface area contributed by atoms with E-state index in [9.17, 15) is 9.18 Å². The van der Waals surface area contributed by atoms with Crippen molar-refractivity contribution in [2.45, 2.75) is 18.8 Å². The van der Waals surface area contributed by atoms with Gasteiger partial charge in [0.25, 0.3) is 0 Å². The van der Waals surface area contributed by atoms with Gasteiger partial charge in [-0.3, -0.25) is 9.69 Å². The molecule has 0 bridgehead atoms. The number of hydrogen-bond donors (Lipinski definition) is 1. The zero-order chi connectivity index (χ0) is 21.6. The van der Waals surface area contributed by atoms with Gasteiger partial charge in [0.05, 0.1) is 13.2 Å². The van der Waals surface area contributed by atoms with Crippen molar-refractivity contribution in [2.24, 2.45) is 7.05 Å². The Balaban J connectivity index is 1.46. The Labute approximate surface area is 182 Å². The second kappa shape index (κ2) is 10.1. The molecule has 0 aliphatic carbocycles. The first-order valence-electron chi connectivity index (χ1n) is 11.0. The van der Waals surface area contributed by atoms with Crippen molar-refractivity contribution >= 4 is 16.8 Å². The van der Waals surface area contributed by atoms with E-state index in [2.05, 4.69) is 33.1 Å². The number of aryl methyl sites for hydroxylation is 1. The molecule has 1 saturated heterocycles. The Bertz CT molecular complexity index is 1010. The molecule has 164 valence electrons. The molecular weight excluding hydrogens is 393 g/mol. The van der Waals surface area contributed by atoms with E-state index in [1.54, 1.807) is 12.1 Å². The number of aromatic nitrogens is 1. The molecule has 31 heavy (non-hydrogen) atoms. The number of hydrogen-bond acceptors (Lipinski definition) is 3. The van der Waals surface area contributed by atoms with Crippen molar-refractivity contribution in [1.29, 1.82) is 0 Å². The molecule has 3 aromatic rings. The van der Waals surface area contributed by atoms with Crippen LogP contribution in [0.25, 0.3) is 10.9 Å². The monoisotopic (exact) mass is 423 g/mol. The molecule has 1 amide bonds. The fourth-order valence-corrected chi connectivity index (χ4v) is 4.37. The van der Waals surface area contributed by atoms with Gasteiger partial charge >= 0.3 is 0 Å². The number of carbonyl (C=O) groups excluding carboxylic acids is 1. The number of nitrogens with zero attached hydrogens (tertiary/aromatic N) is 2. The first kappa shape index (κ1) is 21.5. The minimum atomic E-state index is -0.270. The van der Waals surface area contributed by atoms with Crippen molar-refractivity contribution < 1.29 is 13.9 Å². The van der Waals surface area contributed by atoms with Gasteiger partial charge < -0.3 is 14.6 Å². The minimum absolute atomic E-state index is 0.0178. The highest BCUT2D eigenvalue weighted by molar-refractivity contribution is 5.86. The predicted molar refractivity (Wildman–Crippen MR) is 121 cm³/mol. The molecule has 0 spiro atoms. The van der Waals surface area contributed by atoms with Crippen LogP contribution < -0.4 is 5.32 Å². The Morgan fingerprint density at radius 2 is 1.87 bits per heavy atom. The van der Waals surface area contributed by atoms with Crippen LogP contribution in [-0.4, -0.2) is 54.8 Å². The van der Waals surface area contributed by atoms with E-state index in [0.29, 0.717) is 13.0 Å². The van der Waals surface area contributed by atoms with Crippen LogP contribution in [0, 0.1) is 5.82 Å². The number of fused-ring (bicyclic) bond motifs is 1. The Morgan fingerprint density at radius 1 is 1.13 bits per heavy atom. The van der Waals surface area contributed by atoms with E-state index in [4.69, 9.17) is 4.74 Å². The van der Waals surface area contributed by atoms with Crippen molar-refractivity contribution in [2.75, 3.05) is 39.4 Å². The third-order valence-corrected chi connectivity index (χ3v) is 6.04. The summed E-state index contributed by atoms with van der Waals surface area (Å²) in [5.74, 6) is -0.386. The molecule has 1 fully saturated rings. The number of nitrogens with one attached hydrogen (secondary N) is 1. The smallest absolute Gasteiger partial charge is 0.220 e. The van der Waals surface area contributed by atoms with E-state index < -0.39 is 0 Å². The molecule has 2 aromatic carbocycles. The molecule has 1 aliphatic rings. The largest absolute Gasteiger partial charge is 0.379 e. The van der Waals surface area contributed by atoms with Crippen molar-refractivity contribution in [3.8, 4) is 0 Å². The van der Waals surface area contributed by atoms with Gasteiger partial charge in [0, 0.05) is 56.1 Å². The summed E-state index contributed by atoms with van der Waals surface area (Å²) in [5, 5.41) is 4.21. The average molecular weight is 424 g/mol. The van der Waals surface area contributed by atoms with Gasteiger partial charge in [0.2, 0.25) is 5.91 Å². The molecule has 1 unspecified atom stereocenters. The van der Waals surface area contributed by atoms with Crippen LogP contribution in [0.3, 0.4) is 0 Å². The summed E-state index contributed by atoms with van der Waals surface area (Å²) in [7, 11) is 2.01. The Morgan fingerprint density at radius 3 is 2.65 bits per heavy atom. The van der Waals surface area contributed by atoms with Crippen LogP contribution in [0.4, 0.5) is 4.39 Å². The van der Waals surface area contributed by atoms with Gasteiger partial charge in [-0.25, -0.2) is 4.39 Å². The molecule has 1 aromatic heterocycles. The SMILES string of the molecule is Cn1cc(C(CC(=O)NCCCN2CCOCC2)c2ccc(F)cc2)c2ccccc21. The molecule has 1 atom stereocenters. The van der Waals surface area contributed by atoms with E-state index in [0.717, 1.165) is 61.3 Å². The third kappa shape index (κ3) is 5.32. The van der Waals surface area contributed by atoms with E-state index in [1.807, 2.05) is 19.2 Å². The summed E-state index contributed by atoms with van der Waals surface area (Å²) in [5.41, 5.74) is 3.16. The quantitative estimate of drug-likeness (QED) is 0.563. The fourth-order valence-electron chi connectivity index (χ4n) is 4.37. The first-order chi connectivity index (χ1) is 15.1. The standard InChI is InChI=1S/C25H30FN3O2/c1-28-18-23(21-5-2-3-6-24(21)28)22(19-7-9-20(26)10-8-19)17-25(30)27-11-4-12-29-13-15-31-16-14-29/h2-3,5-10,18,22H,4,11-17H2,1H3,(H,27,30). The van der Waals surface area contributed by atoms with Crippen LogP contribution in [0.5, 0.6) is 0 Å². The molecule has 4 rings (SSSR count). The van der Waals surface area contributed by atoms with Crippen LogP contribution in [0.1, 0.15) is 29.9 Å². The topological polar surface area (TPSA) is 46.5 Å². The van der Waals surface area contributed by atoms with Gasteiger partial charge in [-0.05, 0) is 42.3 Å². The van der Waals surface area contributed by atoms with Crippen molar-refractivity contribution in [3.63, 3.8) is 0 Å². The van der Waals surface area contributed by atoms with E-state index in [1.165, 1.54) is 12.1 Å². The Hall–Kier alpha value is -2.70. The van der Waals surface area contributed by atoms with Crippen LogP contribution in [0.2, 0.25) is 0 Å². The van der Waals surface area contributed by atoms with Crippen molar-refractivity contribution in [3.05, 3.63) is 71.7 Å². The first-order valence-corrected chi connectivity index (χ1v) is 11.0. The lowest BCUT2D eigenvalue weighted by Crippen LogP contribution is -2.38. The number of benzene rings is 2. The number of ether oxygens (including phenoxy) is 1. The van der Waals surface area contributed by atoms with Crippen LogP contribution in [0.15, 0.2) is 54.7 Å². The molecule has 0 radical (unpaired) electrons. The summed E-state index contributed by atoms with van der Waals surface area (Å²) < 4.78 is 21.0. The number of rotatable bonds is 8. The summed E-state index contributed by atoms with van der Waals surface area (Å²) in [4.78, 5) is 15.2. The maximum absolute atomic E-state index is 13.5. The van der Waals surface area contributed by atoms with Crippen LogP contribution >= 0.6 is 0 Å². The Kier molecular flexibility index (Phi) is 6.99. The maximum Gasteiger partial charge on any atom is 0.220 e. The summed E-state index contributed by atoms with van der Waals surface area (Å²) in [6.45, 7) is 5.12. The molecule has 1 N–H and O–H groups in total. The third-order valence-electron chi connectivity index (χ3n) is 6.04. The lowest BCUT2D eigenvalue weighted by Gasteiger charge is -2.26. The number of morpholine rings is 1. The van der Waals surface area contributed by atoms with E-state index in [-0.39, 0.29) is 17.6 Å². The minimum Gasteiger partial charge on any atom is -0.379 e. The van der Waals surface area contributed by atoms with Gasteiger partial charge in [-0.1, -0.05) is 30.3 Å². The van der Waals surface area contributed by atoms with E-state index >= 15 is 0 Å². The maximum atomic E-state index is 13.5. The zero-order valence-electron chi connectivity index (χ0n) is 18.0. The lowest BCUT2D eigenvalue weighted by molar-refractivity contribution is -0.121. The molecule has 1 aliphatic heterocycles. The number of carbonyl (C=O) groups is 1. The summed E-state index contributed by atoms with van der Waals surface area (Å²) >= 11 is 0. The normalized spacial score (nSPS) is 15.8. The molecule has 6 heteroatoms. The van der Waals surface area contributed by atoms with Crippen molar-refractivity contribution in [1.82, 2.24) is 14.8 Å². The second-order valence-electron chi connectivity index (χ2n) is 8.18. The average Bonchev–Trinajstić information content (AvgIpc) is 3.13. The highest BCUT2D eigenvalue weighted by Crippen LogP contribution is 2.34. The van der Waals surface area contributed by atoms with Gasteiger partial charge in [0.15, 0.2) is 0 Å². The molecule has 0 saturated carbocycles. The van der Waals surface area contributed by atoms with Gasteiger partial charge in [-0.2, -0.15) is 0 Å². The fraction of sp³-hybridized carbons (Fsp3) is 0.400. The second-order valence-corrected chi connectivity index (χ2v) is 8.18. The number of para-hydroxylation sites is 1. The van der Waals surface area contributed by atoms with Gasteiger partial charge in [-0.15, -0.1) is 0 Å². The highest BCUT2D eigenvalue weighted by Gasteiger charge is 2.22.